The van der Waals surface area contributed by atoms with Gasteiger partial charge in [0, 0.05) is 0 Å². The molecule has 176 valence electrons. The molecule has 10 atom stereocenters. The number of aliphatic hydroxyl groups is 1. The molecule has 0 bridgehead atoms. The average Bonchev–Trinajstić information content (AvgIpc) is 3.02. The van der Waals surface area contributed by atoms with Crippen LogP contribution in [0.3, 0.4) is 0 Å². The molecule has 1 heteroatoms. The molecule has 0 aliphatic heterocycles. The van der Waals surface area contributed by atoms with Gasteiger partial charge in [-0.05, 0) is 127 Å². The van der Waals surface area contributed by atoms with Crippen LogP contribution in [0.25, 0.3) is 0 Å². The van der Waals surface area contributed by atoms with Gasteiger partial charge in [-0.2, -0.15) is 0 Å². The highest BCUT2D eigenvalue weighted by atomic mass is 16.3. The zero-order valence-electron chi connectivity index (χ0n) is 21.5. The van der Waals surface area contributed by atoms with Gasteiger partial charge < -0.3 is 5.11 Å². The van der Waals surface area contributed by atoms with Crippen LogP contribution < -0.4 is 0 Å². The van der Waals surface area contributed by atoms with Crippen LogP contribution >= 0.6 is 0 Å². The summed E-state index contributed by atoms with van der Waals surface area (Å²) in [5.74, 6) is 4.23. The predicted octanol–water partition coefficient (Wildman–Crippen LogP) is 8.02. The van der Waals surface area contributed by atoms with Gasteiger partial charge in [0.2, 0.25) is 0 Å². The van der Waals surface area contributed by atoms with Crippen molar-refractivity contribution in [2.45, 2.75) is 118 Å². The summed E-state index contributed by atoms with van der Waals surface area (Å²) >= 11 is 0. The van der Waals surface area contributed by atoms with E-state index in [2.05, 4.69) is 54.2 Å². The second kappa shape index (κ2) is 6.86. The van der Waals surface area contributed by atoms with Crippen molar-refractivity contribution in [1.82, 2.24) is 0 Å². The zero-order chi connectivity index (χ0) is 22.4. The van der Waals surface area contributed by atoms with Crippen molar-refractivity contribution in [3.8, 4) is 0 Å². The lowest BCUT2D eigenvalue weighted by Gasteiger charge is -2.73. The standard InChI is InChI=1S/C30H50O/c1-8-9-20-12-16-27(4)21(20)13-18-29(6)23(27)10-11-24-28(5)17-15-25(31)26(2,3)22(28)14-19-30(24,29)7/h8,20-25,31H,1,9-19H2,2-7H3. The summed E-state index contributed by atoms with van der Waals surface area (Å²) in [4.78, 5) is 0. The first-order valence-electron chi connectivity index (χ1n) is 13.7. The third kappa shape index (κ3) is 2.65. The molecule has 5 aliphatic carbocycles. The molecule has 1 N–H and O–H groups in total. The van der Waals surface area contributed by atoms with E-state index in [-0.39, 0.29) is 11.5 Å². The Morgan fingerprint density at radius 1 is 0.710 bits per heavy atom. The highest BCUT2D eigenvalue weighted by Gasteiger charge is 2.70. The number of hydrogen-bond acceptors (Lipinski definition) is 1. The number of aliphatic hydroxyl groups excluding tert-OH is 1. The molecule has 0 radical (unpaired) electrons. The maximum absolute atomic E-state index is 10.9. The van der Waals surface area contributed by atoms with E-state index in [0.717, 1.165) is 30.1 Å². The molecule has 5 aliphatic rings. The SMILES string of the molecule is C=CCC1CCC2(C)C1CCC1(C)C2CCC2C3(C)CCC(O)C(C)(C)C3CCC21C. The lowest BCUT2D eigenvalue weighted by molar-refractivity contribution is -0.251. The third-order valence-electron chi connectivity index (χ3n) is 13.6. The van der Waals surface area contributed by atoms with E-state index in [1.54, 1.807) is 0 Å². The van der Waals surface area contributed by atoms with Crippen molar-refractivity contribution in [2.75, 3.05) is 0 Å². The number of allylic oxidation sites excluding steroid dienone is 1. The molecule has 5 rings (SSSR count). The molecule has 31 heavy (non-hydrogen) atoms. The van der Waals surface area contributed by atoms with Crippen LogP contribution in [0.5, 0.6) is 0 Å². The van der Waals surface area contributed by atoms with E-state index in [1.165, 1.54) is 64.2 Å². The second-order valence-corrected chi connectivity index (χ2v) is 14.5. The van der Waals surface area contributed by atoms with Crippen LogP contribution in [0.4, 0.5) is 0 Å². The summed E-state index contributed by atoms with van der Waals surface area (Å²) in [7, 11) is 0. The molecule has 5 fully saturated rings. The summed E-state index contributed by atoms with van der Waals surface area (Å²) in [6.07, 6.45) is 17.0. The second-order valence-electron chi connectivity index (χ2n) is 14.5. The van der Waals surface area contributed by atoms with Gasteiger partial charge in [-0.15, -0.1) is 6.58 Å². The van der Waals surface area contributed by atoms with Crippen molar-refractivity contribution >= 4 is 0 Å². The number of rotatable bonds is 2. The van der Waals surface area contributed by atoms with Gasteiger partial charge in [-0.25, -0.2) is 0 Å². The number of fused-ring (bicyclic) bond motifs is 7. The Labute approximate surface area is 192 Å². The molecule has 0 spiro atoms. The Kier molecular flexibility index (Phi) is 4.98. The molecule has 5 saturated carbocycles. The minimum absolute atomic E-state index is 0.0685. The Morgan fingerprint density at radius 2 is 1.29 bits per heavy atom. The summed E-state index contributed by atoms with van der Waals surface area (Å²) in [6, 6.07) is 0. The van der Waals surface area contributed by atoms with E-state index < -0.39 is 0 Å². The fraction of sp³-hybridized carbons (Fsp3) is 0.933. The maximum Gasteiger partial charge on any atom is 0.0594 e. The maximum atomic E-state index is 10.9. The Hall–Kier alpha value is -0.300. The molecule has 0 aromatic carbocycles. The number of hydrogen-bond donors (Lipinski definition) is 1. The summed E-state index contributed by atoms with van der Waals surface area (Å²) in [5, 5.41) is 10.9. The molecule has 0 heterocycles. The monoisotopic (exact) mass is 426 g/mol. The Morgan fingerprint density at radius 3 is 1.94 bits per heavy atom. The first-order valence-corrected chi connectivity index (χ1v) is 13.7. The third-order valence-corrected chi connectivity index (χ3v) is 13.6. The first kappa shape index (κ1) is 22.5. The molecular weight excluding hydrogens is 376 g/mol. The fourth-order valence-corrected chi connectivity index (χ4v) is 11.8. The van der Waals surface area contributed by atoms with Crippen LogP contribution in [0.15, 0.2) is 12.7 Å². The van der Waals surface area contributed by atoms with Gasteiger partial charge in [-0.1, -0.05) is 47.6 Å². The average molecular weight is 427 g/mol. The van der Waals surface area contributed by atoms with Crippen LogP contribution in [0.1, 0.15) is 112 Å². The fourth-order valence-electron chi connectivity index (χ4n) is 11.8. The topological polar surface area (TPSA) is 20.2 Å². The van der Waals surface area contributed by atoms with Gasteiger partial charge in [0.15, 0.2) is 0 Å². The van der Waals surface area contributed by atoms with Crippen molar-refractivity contribution in [3.63, 3.8) is 0 Å². The quantitative estimate of drug-likeness (QED) is 0.443. The van der Waals surface area contributed by atoms with E-state index in [1.807, 2.05) is 0 Å². The van der Waals surface area contributed by atoms with Crippen molar-refractivity contribution in [1.29, 1.82) is 0 Å². The zero-order valence-corrected chi connectivity index (χ0v) is 21.5. The largest absolute Gasteiger partial charge is 0.393 e. The molecule has 0 aromatic heterocycles. The molecule has 0 amide bonds. The van der Waals surface area contributed by atoms with Gasteiger partial charge in [0.05, 0.1) is 6.10 Å². The van der Waals surface area contributed by atoms with Gasteiger partial charge in [0.1, 0.15) is 0 Å². The minimum Gasteiger partial charge on any atom is -0.393 e. The first-order chi connectivity index (χ1) is 14.4. The Balaban J connectivity index is 1.51. The molecule has 1 nitrogen and oxygen atoms in total. The predicted molar refractivity (Wildman–Crippen MR) is 131 cm³/mol. The molecule has 0 aromatic rings. The normalized spacial score (nSPS) is 57.9. The molecular formula is C30H50O. The van der Waals surface area contributed by atoms with Gasteiger partial charge in [0.25, 0.3) is 0 Å². The van der Waals surface area contributed by atoms with Crippen molar-refractivity contribution in [2.24, 2.45) is 56.7 Å². The lowest BCUT2D eigenvalue weighted by atomic mass is 9.32. The highest BCUT2D eigenvalue weighted by molar-refractivity contribution is 5.19. The van der Waals surface area contributed by atoms with E-state index in [9.17, 15) is 5.11 Å². The van der Waals surface area contributed by atoms with E-state index >= 15 is 0 Å². The van der Waals surface area contributed by atoms with Gasteiger partial charge >= 0.3 is 0 Å². The van der Waals surface area contributed by atoms with E-state index in [4.69, 9.17) is 0 Å². The van der Waals surface area contributed by atoms with E-state index in [0.29, 0.717) is 27.6 Å². The van der Waals surface area contributed by atoms with Crippen LogP contribution in [0.2, 0.25) is 0 Å². The van der Waals surface area contributed by atoms with Crippen LogP contribution in [0, 0.1) is 56.7 Å². The Bertz CT molecular complexity index is 739. The lowest BCUT2D eigenvalue weighted by Crippen LogP contribution is -2.66. The van der Waals surface area contributed by atoms with Crippen molar-refractivity contribution in [3.05, 3.63) is 12.7 Å². The summed E-state index contributed by atoms with van der Waals surface area (Å²) in [5.41, 5.74) is 1.97. The highest BCUT2D eigenvalue weighted by Crippen LogP contribution is 2.77. The van der Waals surface area contributed by atoms with Gasteiger partial charge in [-0.3, -0.25) is 0 Å². The smallest absolute Gasteiger partial charge is 0.0594 e. The molecule has 10 unspecified atom stereocenters. The van der Waals surface area contributed by atoms with Crippen LogP contribution in [-0.4, -0.2) is 11.2 Å². The van der Waals surface area contributed by atoms with Crippen molar-refractivity contribution < 1.29 is 5.11 Å². The molecule has 0 saturated heterocycles. The summed E-state index contributed by atoms with van der Waals surface area (Å²) < 4.78 is 0. The minimum atomic E-state index is -0.114. The summed E-state index contributed by atoms with van der Waals surface area (Å²) in [6.45, 7) is 19.7. The van der Waals surface area contributed by atoms with Crippen LogP contribution in [-0.2, 0) is 0 Å².